The minimum atomic E-state index is -5.65. The van der Waals surface area contributed by atoms with Crippen molar-refractivity contribution in [1.82, 2.24) is 15.7 Å². The molecule has 1 fully saturated rings. The molecule has 0 unspecified atom stereocenters. The highest BCUT2D eigenvalue weighted by Crippen LogP contribution is 2.33. The van der Waals surface area contributed by atoms with Gasteiger partial charge in [0.25, 0.3) is 5.91 Å². The number of hydrogen-bond donors (Lipinski definition) is 5. The first kappa shape index (κ1) is 74.2. The van der Waals surface area contributed by atoms with Gasteiger partial charge in [-0.15, -0.1) is 0 Å². The van der Waals surface area contributed by atoms with Crippen LogP contribution in [0.2, 0.25) is 0 Å². The molecule has 2 aromatic rings. The predicted molar refractivity (Wildman–Crippen MR) is 305 cm³/mol. The molecule has 1 saturated carbocycles. The Morgan fingerprint density at radius 3 is 1.59 bits per heavy atom. The van der Waals surface area contributed by atoms with Crippen LogP contribution in [-0.2, 0) is 94.5 Å². The highest BCUT2D eigenvalue weighted by Gasteiger charge is 2.34. The standard InChI is InChI=1S/C56H81F4N7O20S/c1-2-13-67(85-16-12-63-56(71)86-43-4-3-5-43)55(70)42-35-44(45(37-61)66-46(62)36-42)64-38-40-6-8-41(9-7-40)39-65-47(68)10-14-75-17-19-77-21-23-79-25-27-81-29-31-83-33-34-84-32-30-82-28-26-80-24-22-78-20-18-76-15-11-48(69)87-53-49(57)51(59)54(88(72,73)74)52(60)50(53)58/h6-9,35,37,43H,2-5,10-34,36,38-39,61H2,1H3,(H2,62,66)(H,63,71)(H,65,68)(H,72,73,74). The minimum absolute atomic E-state index is 0.0123. The number of nitrogens with zero attached hydrogens (tertiary/aromatic N) is 3. The third kappa shape index (κ3) is 29.8. The van der Waals surface area contributed by atoms with Crippen molar-refractivity contribution >= 4 is 45.5 Å². The summed E-state index contributed by atoms with van der Waals surface area (Å²) in [6, 6.07) is 7.57. The number of amides is 3. The summed E-state index contributed by atoms with van der Waals surface area (Å²) in [6.45, 7) is 8.62. The Labute approximate surface area is 508 Å². The molecule has 1 heterocycles. The first-order valence-corrected chi connectivity index (χ1v) is 30.0. The third-order valence-electron chi connectivity index (χ3n) is 12.1. The second kappa shape index (κ2) is 43.4. The van der Waals surface area contributed by atoms with E-state index >= 15 is 0 Å². The number of carbonyl (C=O) groups is 4. The molecule has 2 aliphatic rings. The topological polar surface area (TPSA) is 347 Å². The normalized spacial score (nSPS) is 14.5. The molecule has 2 aromatic carbocycles. The van der Waals surface area contributed by atoms with Gasteiger partial charge in [0.15, 0.2) is 16.5 Å². The van der Waals surface area contributed by atoms with E-state index in [1.807, 2.05) is 31.2 Å². The van der Waals surface area contributed by atoms with Crippen LogP contribution >= 0.6 is 0 Å². The Morgan fingerprint density at radius 1 is 0.682 bits per heavy atom. The minimum Gasteiger partial charge on any atom is -0.446 e. The number of carbonyl (C=O) groups excluding carboxylic acids is 4. The molecule has 0 radical (unpaired) electrons. The summed E-state index contributed by atoms with van der Waals surface area (Å²) < 4.78 is 150. The van der Waals surface area contributed by atoms with E-state index in [1.54, 1.807) is 6.08 Å². The van der Waals surface area contributed by atoms with Gasteiger partial charge in [-0.1, -0.05) is 31.2 Å². The third-order valence-corrected chi connectivity index (χ3v) is 13.0. The van der Waals surface area contributed by atoms with Crippen LogP contribution in [-0.4, -0.2) is 211 Å². The number of rotatable bonds is 47. The number of amidine groups is 1. The lowest BCUT2D eigenvalue weighted by atomic mass is 9.96. The maximum atomic E-state index is 14.0. The summed E-state index contributed by atoms with van der Waals surface area (Å²) in [5.41, 5.74) is 14.8. The van der Waals surface area contributed by atoms with Gasteiger partial charge >= 0.3 is 22.2 Å². The quantitative estimate of drug-likeness (QED) is 0.0120. The Kier molecular flexibility index (Phi) is 36.6. The molecule has 27 nitrogen and oxygen atoms in total. The number of nitrogens with one attached hydrogen (secondary N) is 2. The van der Waals surface area contributed by atoms with Crippen LogP contribution in [0.3, 0.4) is 0 Å². The summed E-state index contributed by atoms with van der Waals surface area (Å²) in [5.74, 6) is -13.1. The van der Waals surface area contributed by atoms with E-state index in [-0.39, 0.29) is 90.0 Å². The number of hydrogen-bond acceptors (Lipinski definition) is 23. The molecule has 7 N–H and O–H groups in total. The Hall–Kier alpha value is -6.27. The summed E-state index contributed by atoms with van der Waals surface area (Å²) in [5, 5.41) is 6.78. The Balaban J connectivity index is 0.885. The van der Waals surface area contributed by atoms with Crippen molar-refractivity contribution in [3.63, 3.8) is 0 Å². The highest BCUT2D eigenvalue weighted by atomic mass is 32.2. The highest BCUT2D eigenvalue weighted by molar-refractivity contribution is 7.85. The smallest absolute Gasteiger partial charge is 0.407 e. The Morgan fingerprint density at radius 2 is 1.15 bits per heavy atom. The van der Waals surface area contributed by atoms with E-state index in [4.69, 9.17) is 78.0 Å². The molecular formula is C56H81F4N7O20S. The van der Waals surface area contributed by atoms with Crippen LogP contribution in [0.4, 0.5) is 22.4 Å². The summed E-state index contributed by atoms with van der Waals surface area (Å²) in [6.07, 6.45) is 5.38. The van der Waals surface area contributed by atoms with Gasteiger partial charge in [-0.2, -0.15) is 17.2 Å². The summed E-state index contributed by atoms with van der Waals surface area (Å²) in [4.78, 5) is 62.6. The zero-order chi connectivity index (χ0) is 63.8. The fraction of sp³-hybridized carbons (Fsp3) is 0.607. The number of esters is 1. The number of aliphatic imine (C=N–C) groups is 2. The van der Waals surface area contributed by atoms with Gasteiger partial charge in [0.1, 0.15) is 17.6 Å². The molecule has 0 saturated heterocycles. The van der Waals surface area contributed by atoms with Gasteiger partial charge in [0.05, 0.1) is 157 Å². The average Bonchev–Trinajstić information content (AvgIpc) is 1.81. The van der Waals surface area contributed by atoms with E-state index in [2.05, 4.69) is 20.4 Å². The monoisotopic (exact) mass is 1280 g/mol. The predicted octanol–water partition coefficient (Wildman–Crippen LogP) is 3.54. The van der Waals surface area contributed by atoms with Gasteiger partial charge in [-0.3, -0.25) is 28.8 Å². The molecule has 0 aromatic heterocycles. The molecule has 0 spiro atoms. The molecule has 4 rings (SSSR count). The van der Waals surface area contributed by atoms with Crippen LogP contribution < -0.4 is 26.8 Å². The maximum absolute atomic E-state index is 14.0. The molecule has 1 aliphatic carbocycles. The fourth-order valence-corrected chi connectivity index (χ4v) is 8.04. The fourth-order valence-electron chi connectivity index (χ4n) is 7.40. The number of ether oxygens (including phenoxy) is 12. The van der Waals surface area contributed by atoms with Crippen molar-refractivity contribution in [1.29, 1.82) is 0 Å². The van der Waals surface area contributed by atoms with E-state index < -0.39 is 68.4 Å². The number of hydroxylamine groups is 2. The largest absolute Gasteiger partial charge is 0.446 e. The molecule has 1 aliphatic heterocycles. The van der Waals surface area contributed by atoms with Crippen molar-refractivity contribution in [3.05, 3.63) is 82.2 Å². The lowest BCUT2D eigenvalue weighted by molar-refractivity contribution is -0.181. The van der Waals surface area contributed by atoms with Crippen molar-refractivity contribution in [2.24, 2.45) is 21.5 Å². The first-order chi connectivity index (χ1) is 42.5. The van der Waals surface area contributed by atoms with Gasteiger partial charge in [0, 0.05) is 44.2 Å². The zero-order valence-corrected chi connectivity index (χ0v) is 50.1. The van der Waals surface area contributed by atoms with E-state index in [1.165, 1.54) is 11.3 Å². The van der Waals surface area contributed by atoms with Crippen LogP contribution in [0.25, 0.3) is 0 Å². The molecule has 32 heteroatoms. The van der Waals surface area contributed by atoms with E-state index in [9.17, 15) is 45.2 Å². The van der Waals surface area contributed by atoms with Crippen molar-refractivity contribution in [2.75, 3.05) is 152 Å². The van der Waals surface area contributed by atoms with Gasteiger partial charge < -0.3 is 78.9 Å². The summed E-state index contributed by atoms with van der Waals surface area (Å²) >= 11 is 0. The molecule has 88 heavy (non-hydrogen) atoms. The Bertz CT molecular complexity index is 2660. The van der Waals surface area contributed by atoms with Crippen LogP contribution in [0.1, 0.15) is 63.0 Å². The second-order valence-corrected chi connectivity index (χ2v) is 20.3. The first-order valence-electron chi connectivity index (χ1n) is 28.6. The lowest BCUT2D eigenvalue weighted by Crippen LogP contribution is -2.38. The van der Waals surface area contributed by atoms with E-state index in [0.717, 1.165) is 30.4 Å². The zero-order valence-electron chi connectivity index (χ0n) is 49.3. The number of benzene rings is 2. The number of alkyl carbamates (subject to hydrolysis) is 1. The number of allylic oxidation sites excluding steroid dienone is 1. The van der Waals surface area contributed by atoms with Crippen LogP contribution in [0, 0.1) is 23.3 Å². The number of halogens is 4. The van der Waals surface area contributed by atoms with E-state index in [0.29, 0.717) is 129 Å². The molecular weight excluding hydrogens is 1200 g/mol. The van der Waals surface area contributed by atoms with Crippen molar-refractivity contribution in [3.8, 4) is 5.75 Å². The molecule has 0 atom stereocenters. The lowest BCUT2D eigenvalue weighted by Gasteiger charge is -2.25. The van der Waals surface area contributed by atoms with Gasteiger partial charge in [-0.05, 0) is 42.9 Å². The average molecular weight is 1280 g/mol. The van der Waals surface area contributed by atoms with Gasteiger partial charge in [-0.25, -0.2) is 23.6 Å². The second-order valence-electron chi connectivity index (χ2n) is 18.9. The van der Waals surface area contributed by atoms with Crippen molar-refractivity contribution < 1.29 is 111 Å². The van der Waals surface area contributed by atoms with Crippen LogP contribution in [0.5, 0.6) is 5.75 Å². The van der Waals surface area contributed by atoms with Crippen LogP contribution in [0.15, 0.2) is 62.7 Å². The molecule has 494 valence electrons. The molecule has 0 bridgehead atoms. The summed E-state index contributed by atoms with van der Waals surface area (Å²) in [7, 11) is -5.65. The van der Waals surface area contributed by atoms with Gasteiger partial charge in [0.2, 0.25) is 23.3 Å². The SMILES string of the molecule is CCCN(OCCNC(=O)OC1CCC1)C(=O)C1=CC(=NCc2ccc(CNC(=O)CCOCCOCCOCCOCCOCCOCCOCCOCCOCCOCCC(=O)Oc3c(F)c(F)c(S(=O)(=O)O)c(F)c3F)cc2)C(=CN)N=C(N)C1. The maximum Gasteiger partial charge on any atom is 0.407 e. The molecule has 3 amide bonds. The number of nitrogens with two attached hydrogens (primary N) is 2. The van der Waals surface area contributed by atoms with Crippen molar-refractivity contribution in [2.45, 2.75) is 76.0 Å².